The number of rotatable bonds is 4. The predicted octanol–water partition coefficient (Wildman–Crippen LogP) is 1.87. The van der Waals surface area contributed by atoms with Crippen LogP contribution in [0.3, 0.4) is 0 Å². The topological polar surface area (TPSA) is 45.9 Å². The van der Waals surface area contributed by atoms with Crippen LogP contribution in [0.1, 0.15) is 10.6 Å². The molecule has 2 heterocycles. The van der Waals surface area contributed by atoms with E-state index in [0.29, 0.717) is 23.6 Å². The minimum absolute atomic E-state index is 0.0257. The second-order valence-corrected chi connectivity index (χ2v) is 5.49. The van der Waals surface area contributed by atoms with E-state index >= 15 is 0 Å². The first kappa shape index (κ1) is 14.1. The molecule has 1 aliphatic heterocycles. The van der Waals surface area contributed by atoms with Crippen LogP contribution in [-0.4, -0.2) is 62.5 Å². The maximum Gasteiger partial charge on any atom is 0.211 e. The van der Waals surface area contributed by atoms with Crippen LogP contribution in [0, 0.1) is 0 Å². The Balaban J connectivity index is 1.75. The van der Waals surface area contributed by atoms with Crippen molar-refractivity contribution in [2.24, 2.45) is 0 Å². The molecule has 5 heteroatoms. The summed E-state index contributed by atoms with van der Waals surface area (Å²) in [6, 6.07) is 7.45. The molecule has 3 rings (SSSR count). The van der Waals surface area contributed by atoms with E-state index in [-0.39, 0.29) is 5.78 Å². The highest BCUT2D eigenvalue weighted by atomic mass is 16.5. The van der Waals surface area contributed by atoms with E-state index in [1.54, 1.807) is 13.2 Å². The van der Waals surface area contributed by atoms with Gasteiger partial charge in [0.25, 0.3) is 0 Å². The molecule has 0 spiro atoms. The first-order chi connectivity index (χ1) is 10.2. The number of carbonyl (C=O) groups is 1. The molecule has 2 aromatic rings. The lowest BCUT2D eigenvalue weighted by Gasteiger charge is -2.31. The van der Waals surface area contributed by atoms with Crippen LogP contribution in [0.2, 0.25) is 0 Å². The Kier molecular flexibility index (Phi) is 3.94. The second-order valence-electron chi connectivity index (χ2n) is 5.49. The van der Waals surface area contributed by atoms with Crippen LogP contribution in [0.4, 0.5) is 0 Å². The molecule has 0 bridgehead atoms. The van der Waals surface area contributed by atoms with Gasteiger partial charge >= 0.3 is 0 Å². The van der Waals surface area contributed by atoms with Gasteiger partial charge in [-0.2, -0.15) is 0 Å². The molecule has 0 amide bonds. The van der Waals surface area contributed by atoms with E-state index in [2.05, 4.69) is 16.8 Å². The van der Waals surface area contributed by atoms with Crippen molar-refractivity contribution in [2.45, 2.75) is 0 Å². The number of para-hydroxylation sites is 1. The minimum atomic E-state index is 0.0257. The molecule has 21 heavy (non-hydrogen) atoms. The molecule has 1 aromatic heterocycles. The van der Waals surface area contributed by atoms with Crippen LogP contribution >= 0.6 is 0 Å². The summed E-state index contributed by atoms with van der Waals surface area (Å²) in [6.07, 6.45) is 0. The molecule has 1 aliphatic rings. The normalized spacial score (nSPS) is 17.2. The number of ether oxygens (including phenoxy) is 1. The molecule has 0 aliphatic carbocycles. The highest BCUT2D eigenvalue weighted by Crippen LogP contribution is 2.28. The lowest BCUT2D eigenvalue weighted by Crippen LogP contribution is -2.46. The molecule has 5 nitrogen and oxygen atoms in total. The summed E-state index contributed by atoms with van der Waals surface area (Å²) in [5.74, 6) is 1.09. The lowest BCUT2D eigenvalue weighted by atomic mass is 10.2. The summed E-state index contributed by atoms with van der Waals surface area (Å²) in [6.45, 7) is 4.26. The van der Waals surface area contributed by atoms with E-state index < -0.39 is 0 Å². The summed E-state index contributed by atoms with van der Waals surface area (Å²) >= 11 is 0. The third-order valence-electron chi connectivity index (χ3n) is 3.97. The number of Topliss-reactive ketones (excluding diaryl/α,β-unsaturated/α-hetero) is 1. The van der Waals surface area contributed by atoms with Gasteiger partial charge in [-0.25, -0.2) is 0 Å². The molecule has 0 unspecified atom stereocenters. The minimum Gasteiger partial charge on any atom is -0.493 e. The number of furan rings is 1. The van der Waals surface area contributed by atoms with Crippen LogP contribution in [0.5, 0.6) is 5.75 Å². The summed E-state index contributed by atoms with van der Waals surface area (Å²) in [5, 5.41) is 0.899. The van der Waals surface area contributed by atoms with E-state index in [9.17, 15) is 4.79 Å². The summed E-state index contributed by atoms with van der Waals surface area (Å²) in [7, 11) is 3.70. The van der Waals surface area contributed by atoms with Gasteiger partial charge in [-0.15, -0.1) is 0 Å². The first-order valence-electron chi connectivity index (χ1n) is 7.18. The third kappa shape index (κ3) is 2.94. The molecule has 1 fully saturated rings. The number of benzene rings is 1. The van der Waals surface area contributed by atoms with E-state index in [1.165, 1.54) is 0 Å². The van der Waals surface area contributed by atoms with Crippen molar-refractivity contribution in [3.8, 4) is 5.75 Å². The monoisotopic (exact) mass is 288 g/mol. The Bertz CT molecular complexity index is 642. The Hall–Kier alpha value is -1.85. The number of fused-ring (bicyclic) bond motifs is 1. The van der Waals surface area contributed by atoms with Crippen LogP contribution in [0.25, 0.3) is 11.0 Å². The van der Waals surface area contributed by atoms with Crippen LogP contribution < -0.4 is 4.74 Å². The van der Waals surface area contributed by atoms with Gasteiger partial charge in [0, 0.05) is 31.6 Å². The Labute approximate surface area is 124 Å². The van der Waals surface area contributed by atoms with Crippen LogP contribution in [0.15, 0.2) is 28.7 Å². The van der Waals surface area contributed by atoms with Crippen molar-refractivity contribution in [3.05, 3.63) is 30.0 Å². The van der Waals surface area contributed by atoms with Crippen molar-refractivity contribution in [2.75, 3.05) is 46.9 Å². The van der Waals surface area contributed by atoms with Gasteiger partial charge in [-0.3, -0.25) is 9.69 Å². The number of nitrogens with zero attached hydrogens (tertiary/aromatic N) is 2. The number of likely N-dealkylation sites (N-methyl/N-ethyl adjacent to an activating group) is 1. The number of carbonyl (C=O) groups excluding carboxylic acids is 1. The first-order valence-corrected chi connectivity index (χ1v) is 7.18. The van der Waals surface area contributed by atoms with E-state index in [0.717, 1.165) is 31.6 Å². The van der Waals surface area contributed by atoms with Crippen molar-refractivity contribution < 1.29 is 13.9 Å². The number of hydrogen-bond donors (Lipinski definition) is 0. The second kappa shape index (κ2) is 5.87. The zero-order chi connectivity index (χ0) is 14.8. The van der Waals surface area contributed by atoms with E-state index in [4.69, 9.17) is 9.15 Å². The summed E-state index contributed by atoms with van der Waals surface area (Å²) < 4.78 is 11.0. The maximum absolute atomic E-state index is 12.4. The van der Waals surface area contributed by atoms with Gasteiger partial charge in [-0.1, -0.05) is 12.1 Å². The van der Waals surface area contributed by atoms with E-state index in [1.807, 2.05) is 18.2 Å². The average Bonchev–Trinajstić information content (AvgIpc) is 2.93. The van der Waals surface area contributed by atoms with Gasteiger partial charge < -0.3 is 14.1 Å². The van der Waals surface area contributed by atoms with Crippen molar-refractivity contribution in [1.82, 2.24) is 9.80 Å². The number of methoxy groups -OCH3 is 1. The van der Waals surface area contributed by atoms with Crippen molar-refractivity contribution in [3.63, 3.8) is 0 Å². The SMILES string of the molecule is COc1cccc2cc(C(=O)CN3CCN(C)CC3)oc12. The fraction of sp³-hybridized carbons (Fsp3) is 0.438. The standard InChI is InChI=1S/C16H20N2O3/c1-17-6-8-18(9-7-17)11-13(19)15-10-12-4-3-5-14(20-2)16(12)21-15/h3-5,10H,6-9,11H2,1-2H3. The molecule has 0 saturated carbocycles. The highest BCUT2D eigenvalue weighted by molar-refractivity contribution is 5.99. The zero-order valence-corrected chi connectivity index (χ0v) is 12.5. The number of ketones is 1. The molecular weight excluding hydrogens is 268 g/mol. The molecular formula is C16H20N2O3. The largest absolute Gasteiger partial charge is 0.493 e. The molecule has 0 radical (unpaired) electrons. The molecule has 0 atom stereocenters. The fourth-order valence-corrected chi connectivity index (χ4v) is 2.62. The number of piperazine rings is 1. The third-order valence-corrected chi connectivity index (χ3v) is 3.97. The molecule has 112 valence electrons. The van der Waals surface area contributed by atoms with Crippen molar-refractivity contribution >= 4 is 16.8 Å². The summed E-state index contributed by atoms with van der Waals surface area (Å²) in [5.41, 5.74) is 0.640. The molecule has 1 aromatic carbocycles. The van der Waals surface area contributed by atoms with Crippen molar-refractivity contribution in [1.29, 1.82) is 0 Å². The lowest BCUT2D eigenvalue weighted by molar-refractivity contribution is 0.0852. The quantitative estimate of drug-likeness (QED) is 0.804. The Morgan fingerprint density at radius 2 is 2.05 bits per heavy atom. The summed E-state index contributed by atoms with van der Waals surface area (Å²) in [4.78, 5) is 16.8. The van der Waals surface area contributed by atoms with Gasteiger partial charge in [0.15, 0.2) is 17.1 Å². The Morgan fingerprint density at radius 3 is 2.76 bits per heavy atom. The van der Waals surface area contributed by atoms with Crippen LogP contribution in [-0.2, 0) is 0 Å². The smallest absolute Gasteiger partial charge is 0.211 e. The highest BCUT2D eigenvalue weighted by Gasteiger charge is 2.20. The maximum atomic E-state index is 12.4. The fourth-order valence-electron chi connectivity index (χ4n) is 2.62. The Morgan fingerprint density at radius 1 is 1.29 bits per heavy atom. The zero-order valence-electron chi connectivity index (χ0n) is 12.5. The van der Waals surface area contributed by atoms with Gasteiger partial charge in [0.1, 0.15) is 0 Å². The molecule has 0 N–H and O–H groups in total. The van der Waals surface area contributed by atoms with Gasteiger partial charge in [-0.05, 0) is 19.2 Å². The molecule has 1 saturated heterocycles. The van der Waals surface area contributed by atoms with Gasteiger partial charge in [0.05, 0.1) is 13.7 Å². The van der Waals surface area contributed by atoms with Gasteiger partial charge in [0.2, 0.25) is 5.78 Å². The predicted molar refractivity (Wildman–Crippen MR) is 81.0 cm³/mol. The number of hydrogen-bond acceptors (Lipinski definition) is 5. The average molecular weight is 288 g/mol.